The minimum Gasteiger partial charge on any atom is -0.300 e. The van der Waals surface area contributed by atoms with Gasteiger partial charge < -0.3 is 4.90 Å². The number of carbonyl (C=O) groups excluding carboxylic acids is 1. The average molecular weight is 271 g/mol. The first-order valence-electron chi connectivity index (χ1n) is 7.89. The minimum absolute atomic E-state index is 0.238. The first kappa shape index (κ1) is 13.8. The quantitative estimate of drug-likeness (QED) is 0.764. The Morgan fingerprint density at radius 2 is 1.80 bits per heavy atom. The molecule has 2 nitrogen and oxygen atoms in total. The Hall–Kier alpha value is -1.15. The maximum Gasteiger partial charge on any atom is 0.166 e. The molecule has 0 N–H and O–H groups in total. The van der Waals surface area contributed by atoms with Crippen LogP contribution in [0, 0.1) is 19.8 Å². The Kier molecular flexibility index (Phi) is 3.68. The number of Topliss-reactive ketones (excluding diaryl/α,β-unsaturated/α-hetero) is 1. The fourth-order valence-corrected chi connectivity index (χ4v) is 4.05. The molecule has 0 saturated carbocycles. The van der Waals surface area contributed by atoms with Crippen LogP contribution in [0.2, 0.25) is 0 Å². The van der Waals surface area contributed by atoms with Crippen LogP contribution in [-0.2, 0) is 0 Å². The summed E-state index contributed by atoms with van der Waals surface area (Å²) < 4.78 is 0. The second-order valence-electron chi connectivity index (χ2n) is 6.75. The van der Waals surface area contributed by atoms with Gasteiger partial charge in [0, 0.05) is 23.6 Å². The average Bonchev–Trinajstić information content (AvgIpc) is 2.40. The summed E-state index contributed by atoms with van der Waals surface area (Å²) in [5, 5.41) is 0. The lowest BCUT2D eigenvalue weighted by Crippen LogP contribution is -2.51. The van der Waals surface area contributed by atoms with Crippen LogP contribution < -0.4 is 0 Å². The zero-order valence-electron chi connectivity index (χ0n) is 12.9. The number of benzene rings is 1. The predicted octanol–water partition coefficient (Wildman–Crippen LogP) is 3.75. The lowest BCUT2D eigenvalue weighted by molar-refractivity contribution is 0.0338. The van der Waals surface area contributed by atoms with E-state index in [1.54, 1.807) is 0 Å². The summed E-state index contributed by atoms with van der Waals surface area (Å²) in [4.78, 5) is 15.4. The number of fused-ring (bicyclic) bond motifs is 2. The smallest absolute Gasteiger partial charge is 0.166 e. The van der Waals surface area contributed by atoms with E-state index in [9.17, 15) is 4.79 Å². The molecule has 3 rings (SSSR count). The molecule has 0 aromatic heterocycles. The molecule has 0 spiro atoms. The van der Waals surface area contributed by atoms with Crippen molar-refractivity contribution in [3.05, 3.63) is 34.9 Å². The second kappa shape index (κ2) is 5.33. The lowest BCUT2D eigenvalue weighted by atomic mass is 9.75. The molecule has 20 heavy (non-hydrogen) atoms. The zero-order valence-corrected chi connectivity index (χ0v) is 12.9. The van der Waals surface area contributed by atoms with Gasteiger partial charge in [-0.25, -0.2) is 0 Å². The van der Waals surface area contributed by atoms with Crippen LogP contribution in [-0.4, -0.2) is 29.8 Å². The van der Waals surface area contributed by atoms with Gasteiger partial charge in [-0.2, -0.15) is 0 Å². The molecular formula is C18H25NO. The second-order valence-corrected chi connectivity index (χ2v) is 6.75. The van der Waals surface area contributed by atoms with E-state index >= 15 is 0 Å². The number of hydrogen-bond acceptors (Lipinski definition) is 2. The van der Waals surface area contributed by atoms with E-state index in [2.05, 4.69) is 44.0 Å². The molecule has 2 aliphatic rings. The summed E-state index contributed by atoms with van der Waals surface area (Å²) in [6.07, 6.45) is 5.98. The standard InChI is InChI=1S/C18H25NO/c1-12-7-8-13(2)17(9-12)18(20)14-10-15-5-4-6-16(11-14)19(15)3/h7-9,14-16H,4-6,10-11H2,1-3H3. The van der Waals surface area contributed by atoms with Gasteiger partial charge in [-0.1, -0.05) is 24.1 Å². The third-order valence-electron chi connectivity index (χ3n) is 5.37. The number of carbonyl (C=O) groups is 1. The van der Waals surface area contributed by atoms with Crippen molar-refractivity contribution < 1.29 is 4.79 Å². The SMILES string of the molecule is Cc1ccc(C)c(C(=O)C2CC3CCCC(C2)N3C)c1. The highest BCUT2D eigenvalue weighted by Gasteiger charge is 2.38. The molecule has 108 valence electrons. The van der Waals surface area contributed by atoms with Gasteiger partial charge in [0.1, 0.15) is 0 Å². The number of aryl methyl sites for hydroxylation is 2. The van der Waals surface area contributed by atoms with Gasteiger partial charge in [0.05, 0.1) is 0 Å². The van der Waals surface area contributed by atoms with Crippen LogP contribution in [0.15, 0.2) is 18.2 Å². The van der Waals surface area contributed by atoms with Crippen LogP contribution in [0.1, 0.15) is 53.6 Å². The molecule has 2 heterocycles. The van der Waals surface area contributed by atoms with Gasteiger partial charge in [0.2, 0.25) is 0 Å². The summed E-state index contributed by atoms with van der Waals surface area (Å²) in [7, 11) is 2.24. The highest BCUT2D eigenvalue weighted by molar-refractivity contribution is 5.99. The summed E-state index contributed by atoms with van der Waals surface area (Å²) in [5.74, 6) is 0.623. The lowest BCUT2D eigenvalue weighted by Gasteiger charge is -2.46. The normalized spacial score (nSPS) is 30.2. The van der Waals surface area contributed by atoms with E-state index in [1.807, 2.05) is 0 Å². The van der Waals surface area contributed by atoms with E-state index in [0.29, 0.717) is 17.9 Å². The van der Waals surface area contributed by atoms with Crippen LogP contribution in [0.3, 0.4) is 0 Å². The maximum atomic E-state index is 12.9. The molecule has 2 heteroatoms. The molecule has 0 radical (unpaired) electrons. The molecule has 2 atom stereocenters. The largest absolute Gasteiger partial charge is 0.300 e. The predicted molar refractivity (Wildman–Crippen MR) is 82.2 cm³/mol. The van der Waals surface area contributed by atoms with E-state index in [4.69, 9.17) is 0 Å². The first-order valence-corrected chi connectivity index (χ1v) is 7.89. The third kappa shape index (κ3) is 2.42. The van der Waals surface area contributed by atoms with Crippen molar-refractivity contribution in [2.75, 3.05) is 7.05 Å². The Morgan fingerprint density at radius 3 is 2.45 bits per heavy atom. The van der Waals surface area contributed by atoms with Crippen LogP contribution in [0.25, 0.3) is 0 Å². The Bertz CT molecular complexity index is 508. The van der Waals surface area contributed by atoms with Gasteiger partial charge >= 0.3 is 0 Å². The van der Waals surface area contributed by atoms with E-state index < -0.39 is 0 Å². The maximum absolute atomic E-state index is 12.9. The van der Waals surface area contributed by atoms with Crippen LogP contribution in [0.5, 0.6) is 0 Å². The summed E-state index contributed by atoms with van der Waals surface area (Å²) in [6.45, 7) is 4.13. The van der Waals surface area contributed by atoms with Gasteiger partial charge in [-0.15, -0.1) is 0 Å². The Labute approximate surface area is 122 Å². The highest BCUT2D eigenvalue weighted by Crippen LogP contribution is 2.37. The zero-order chi connectivity index (χ0) is 14.3. The third-order valence-corrected chi connectivity index (χ3v) is 5.37. The molecule has 0 amide bonds. The highest BCUT2D eigenvalue weighted by atomic mass is 16.1. The molecule has 2 saturated heterocycles. The van der Waals surface area contributed by atoms with Crippen molar-refractivity contribution in [3.63, 3.8) is 0 Å². The number of nitrogens with zero attached hydrogens (tertiary/aromatic N) is 1. The molecule has 2 bridgehead atoms. The van der Waals surface area contributed by atoms with Crippen molar-refractivity contribution in [3.8, 4) is 0 Å². The number of hydrogen-bond donors (Lipinski definition) is 0. The molecule has 1 aromatic rings. The number of piperidine rings is 2. The molecule has 2 fully saturated rings. The van der Waals surface area contributed by atoms with Gasteiger partial charge in [-0.05, 0) is 58.2 Å². The van der Waals surface area contributed by atoms with Crippen molar-refractivity contribution >= 4 is 5.78 Å². The van der Waals surface area contributed by atoms with Crippen molar-refractivity contribution in [1.29, 1.82) is 0 Å². The van der Waals surface area contributed by atoms with Crippen molar-refractivity contribution in [1.82, 2.24) is 4.90 Å². The van der Waals surface area contributed by atoms with Crippen LogP contribution >= 0.6 is 0 Å². The fourth-order valence-electron chi connectivity index (χ4n) is 4.05. The summed E-state index contributed by atoms with van der Waals surface area (Å²) in [6, 6.07) is 7.50. The molecule has 2 unspecified atom stereocenters. The fraction of sp³-hybridized carbons (Fsp3) is 0.611. The number of rotatable bonds is 2. The van der Waals surface area contributed by atoms with E-state index in [-0.39, 0.29) is 5.92 Å². The summed E-state index contributed by atoms with van der Waals surface area (Å²) in [5.41, 5.74) is 3.27. The van der Waals surface area contributed by atoms with Gasteiger partial charge in [0.15, 0.2) is 5.78 Å². The summed E-state index contributed by atoms with van der Waals surface area (Å²) >= 11 is 0. The number of ketones is 1. The van der Waals surface area contributed by atoms with Gasteiger partial charge in [0.25, 0.3) is 0 Å². The molecular weight excluding hydrogens is 246 g/mol. The minimum atomic E-state index is 0.238. The van der Waals surface area contributed by atoms with E-state index in [1.165, 1.54) is 24.8 Å². The monoisotopic (exact) mass is 271 g/mol. The van der Waals surface area contributed by atoms with E-state index in [0.717, 1.165) is 24.0 Å². The molecule has 1 aromatic carbocycles. The van der Waals surface area contributed by atoms with Crippen molar-refractivity contribution in [2.24, 2.45) is 5.92 Å². The Morgan fingerprint density at radius 1 is 1.15 bits per heavy atom. The molecule has 0 aliphatic carbocycles. The Balaban J connectivity index is 1.83. The van der Waals surface area contributed by atoms with Crippen molar-refractivity contribution in [2.45, 2.75) is 58.0 Å². The van der Waals surface area contributed by atoms with Crippen LogP contribution in [0.4, 0.5) is 0 Å². The topological polar surface area (TPSA) is 20.3 Å². The van der Waals surface area contributed by atoms with Gasteiger partial charge in [-0.3, -0.25) is 4.79 Å². The first-order chi connectivity index (χ1) is 9.56. The molecule has 2 aliphatic heterocycles.